The molecule has 0 aliphatic rings. The Morgan fingerprint density at radius 1 is 0.897 bits per heavy atom. The van der Waals surface area contributed by atoms with Crippen LogP contribution in [0.1, 0.15) is 26.3 Å². The van der Waals surface area contributed by atoms with Crippen LogP contribution in [0.4, 0.5) is 11.6 Å². The summed E-state index contributed by atoms with van der Waals surface area (Å²) in [6, 6.07) is 9.74. The molecule has 0 radical (unpaired) electrons. The van der Waals surface area contributed by atoms with E-state index in [2.05, 4.69) is 31.2 Å². The van der Waals surface area contributed by atoms with Gasteiger partial charge in [-0.05, 0) is 6.92 Å². The number of anilines is 2. The van der Waals surface area contributed by atoms with Gasteiger partial charge < -0.3 is 21.3 Å². The second-order valence-electron chi connectivity index (χ2n) is 7.02. The van der Waals surface area contributed by atoms with Crippen molar-refractivity contribution in [2.45, 2.75) is 27.7 Å². The summed E-state index contributed by atoms with van der Waals surface area (Å²) in [5.74, 6) is 1.93. The van der Waals surface area contributed by atoms with Gasteiger partial charge >= 0.3 is 0 Å². The van der Waals surface area contributed by atoms with Crippen LogP contribution in [0.25, 0.3) is 11.4 Å². The van der Waals surface area contributed by atoms with Gasteiger partial charge in [0.05, 0.1) is 0 Å². The predicted molar refractivity (Wildman–Crippen MR) is 116 cm³/mol. The summed E-state index contributed by atoms with van der Waals surface area (Å²) in [7, 11) is 0. The lowest BCUT2D eigenvalue weighted by Crippen LogP contribution is -2.32. The number of rotatable bonds is 10. The lowest BCUT2D eigenvalue weighted by atomic mass is 10.2. The molecule has 1 heterocycles. The molecule has 0 atom stereocenters. The number of hydrogen-bond acceptors (Lipinski definition) is 6. The van der Waals surface area contributed by atoms with E-state index in [0.717, 1.165) is 11.1 Å². The number of carbonyl (C=O) groups is 2. The molecule has 0 saturated carbocycles. The Morgan fingerprint density at radius 3 is 1.97 bits per heavy atom. The SMILES string of the molecule is CC(=O)NCCNc1nc(-c2ccccc2)nc(NCCNC(=O)C(C)C)c1C. The molecule has 156 valence electrons. The maximum absolute atomic E-state index is 11.7. The summed E-state index contributed by atoms with van der Waals surface area (Å²) < 4.78 is 0. The summed E-state index contributed by atoms with van der Waals surface area (Å²) in [6.07, 6.45) is 0. The molecule has 0 aliphatic heterocycles. The smallest absolute Gasteiger partial charge is 0.222 e. The van der Waals surface area contributed by atoms with E-state index in [1.165, 1.54) is 6.92 Å². The second-order valence-corrected chi connectivity index (χ2v) is 7.02. The molecule has 2 aromatic rings. The van der Waals surface area contributed by atoms with Gasteiger partial charge in [-0.15, -0.1) is 0 Å². The number of hydrogen-bond donors (Lipinski definition) is 4. The standard InChI is InChI=1S/C21H30N6O2/c1-14(2)21(29)25-13-12-24-19-15(3)18(23-11-10-22-16(4)28)26-20(27-19)17-8-6-5-7-9-17/h5-9,14H,10-13H2,1-4H3,(H,22,28)(H,25,29)(H2,23,24,26,27). The van der Waals surface area contributed by atoms with E-state index < -0.39 is 0 Å². The van der Waals surface area contributed by atoms with Gasteiger partial charge in [0.1, 0.15) is 11.6 Å². The molecule has 2 amide bonds. The van der Waals surface area contributed by atoms with Crippen LogP contribution in [0.2, 0.25) is 0 Å². The van der Waals surface area contributed by atoms with Gasteiger partial charge in [-0.3, -0.25) is 9.59 Å². The van der Waals surface area contributed by atoms with Crippen molar-refractivity contribution in [1.29, 1.82) is 0 Å². The fraction of sp³-hybridized carbons (Fsp3) is 0.429. The van der Waals surface area contributed by atoms with Crippen molar-refractivity contribution in [3.05, 3.63) is 35.9 Å². The quantitative estimate of drug-likeness (QED) is 0.457. The molecule has 1 aromatic heterocycles. The summed E-state index contributed by atoms with van der Waals surface area (Å²) in [5.41, 5.74) is 1.79. The van der Waals surface area contributed by atoms with Crippen molar-refractivity contribution in [2.75, 3.05) is 36.8 Å². The van der Waals surface area contributed by atoms with E-state index in [4.69, 9.17) is 0 Å². The first-order valence-electron chi connectivity index (χ1n) is 9.82. The average molecular weight is 399 g/mol. The lowest BCUT2D eigenvalue weighted by molar-refractivity contribution is -0.124. The molecular weight excluding hydrogens is 368 g/mol. The zero-order chi connectivity index (χ0) is 21.2. The van der Waals surface area contributed by atoms with E-state index in [0.29, 0.717) is 43.6 Å². The van der Waals surface area contributed by atoms with Crippen LogP contribution in [-0.2, 0) is 9.59 Å². The Bertz CT molecular complexity index is 823. The number of benzene rings is 1. The first-order valence-corrected chi connectivity index (χ1v) is 9.82. The van der Waals surface area contributed by atoms with Crippen molar-refractivity contribution in [1.82, 2.24) is 20.6 Å². The van der Waals surface area contributed by atoms with Gasteiger partial charge in [0.15, 0.2) is 5.82 Å². The normalized spacial score (nSPS) is 10.5. The van der Waals surface area contributed by atoms with Crippen molar-refractivity contribution in [2.24, 2.45) is 5.92 Å². The Balaban J connectivity index is 2.14. The Labute approximate surface area is 171 Å². The van der Waals surface area contributed by atoms with Crippen molar-refractivity contribution >= 4 is 23.5 Å². The van der Waals surface area contributed by atoms with Gasteiger partial charge in [0, 0.05) is 50.1 Å². The molecule has 0 aliphatic carbocycles. The minimum atomic E-state index is -0.0676. The zero-order valence-electron chi connectivity index (χ0n) is 17.5. The van der Waals surface area contributed by atoms with Crippen LogP contribution in [0, 0.1) is 12.8 Å². The highest BCUT2D eigenvalue weighted by Crippen LogP contribution is 2.24. The highest BCUT2D eigenvalue weighted by atomic mass is 16.2. The Kier molecular flexibility index (Phi) is 8.39. The van der Waals surface area contributed by atoms with Crippen LogP contribution in [0.3, 0.4) is 0 Å². The molecular formula is C21H30N6O2. The average Bonchev–Trinajstić information content (AvgIpc) is 2.70. The highest BCUT2D eigenvalue weighted by Gasteiger charge is 2.12. The molecule has 0 saturated heterocycles. The van der Waals surface area contributed by atoms with E-state index in [-0.39, 0.29) is 17.7 Å². The number of aromatic nitrogens is 2. The predicted octanol–water partition coefficient (Wildman–Crippen LogP) is 2.18. The van der Waals surface area contributed by atoms with Crippen molar-refractivity contribution in [3.8, 4) is 11.4 Å². The number of carbonyl (C=O) groups excluding carboxylic acids is 2. The van der Waals surface area contributed by atoms with E-state index >= 15 is 0 Å². The van der Waals surface area contributed by atoms with Gasteiger partial charge in [0.2, 0.25) is 11.8 Å². The number of nitrogens with zero attached hydrogens (tertiary/aromatic N) is 2. The molecule has 8 heteroatoms. The lowest BCUT2D eigenvalue weighted by Gasteiger charge is -2.16. The molecule has 8 nitrogen and oxygen atoms in total. The second kappa shape index (κ2) is 11.0. The third kappa shape index (κ3) is 7.06. The molecule has 1 aromatic carbocycles. The fourth-order valence-corrected chi connectivity index (χ4v) is 2.57. The summed E-state index contributed by atoms with van der Waals surface area (Å²) in [5, 5.41) is 12.2. The van der Waals surface area contributed by atoms with Gasteiger partial charge in [-0.25, -0.2) is 9.97 Å². The monoisotopic (exact) mass is 398 g/mol. The van der Waals surface area contributed by atoms with Gasteiger partial charge in [0.25, 0.3) is 0 Å². The molecule has 0 fully saturated rings. The van der Waals surface area contributed by atoms with Gasteiger partial charge in [-0.2, -0.15) is 0 Å². The van der Waals surface area contributed by atoms with Crippen molar-refractivity contribution < 1.29 is 9.59 Å². The Morgan fingerprint density at radius 2 is 1.45 bits per heavy atom. The third-order valence-electron chi connectivity index (χ3n) is 4.21. The minimum Gasteiger partial charge on any atom is -0.368 e. The third-order valence-corrected chi connectivity index (χ3v) is 4.21. The van der Waals surface area contributed by atoms with Crippen molar-refractivity contribution in [3.63, 3.8) is 0 Å². The van der Waals surface area contributed by atoms with Crippen LogP contribution < -0.4 is 21.3 Å². The molecule has 0 spiro atoms. The summed E-state index contributed by atoms with van der Waals surface area (Å²) in [6.45, 7) is 9.26. The number of amides is 2. The van der Waals surface area contributed by atoms with E-state index in [9.17, 15) is 9.59 Å². The Hall–Kier alpha value is -3.16. The molecule has 2 rings (SSSR count). The topological polar surface area (TPSA) is 108 Å². The molecule has 0 unspecified atom stereocenters. The fourth-order valence-electron chi connectivity index (χ4n) is 2.57. The molecule has 0 bridgehead atoms. The minimum absolute atomic E-state index is 0.0245. The van der Waals surface area contributed by atoms with Crippen LogP contribution in [0.15, 0.2) is 30.3 Å². The molecule has 29 heavy (non-hydrogen) atoms. The summed E-state index contributed by atoms with van der Waals surface area (Å²) in [4.78, 5) is 32.1. The first-order chi connectivity index (χ1) is 13.9. The van der Waals surface area contributed by atoms with Crippen LogP contribution >= 0.6 is 0 Å². The van der Waals surface area contributed by atoms with Crippen LogP contribution in [0.5, 0.6) is 0 Å². The largest absolute Gasteiger partial charge is 0.368 e. The maximum atomic E-state index is 11.7. The first kappa shape index (κ1) is 22.1. The molecule has 4 N–H and O–H groups in total. The number of nitrogens with one attached hydrogen (secondary N) is 4. The van der Waals surface area contributed by atoms with Gasteiger partial charge in [-0.1, -0.05) is 44.2 Å². The van der Waals surface area contributed by atoms with Crippen LogP contribution in [-0.4, -0.2) is 48.0 Å². The zero-order valence-corrected chi connectivity index (χ0v) is 17.5. The highest BCUT2D eigenvalue weighted by molar-refractivity contribution is 5.77. The summed E-state index contributed by atoms with van der Waals surface area (Å²) >= 11 is 0. The maximum Gasteiger partial charge on any atom is 0.222 e. The van der Waals surface area contributed by atoms with E-state index in [1.807, 2.05) is 51.1 Å². The van der Waals surface area contributed by atoms with E-state index in [1.54, 1.807) is 0 Å².